The van der Waals surface area contributed by atoms with Crippen LogP contribution in [0.15, 0.2) is 45.0 Å². The molecule has 0 aliphatic heterocycles. The van der Waals surface area contributed by atoms with Crippen LogP contribution in [0.25, 0.3) is 11.3 Å². The van der Waals surface area contributed by atoms with Crippen LogP contribution in [-0.4, -0.2) is 17.2 Å². The molecule has 114 valence electrons. The molecule has 1 aromatic carbocycles. The summed E-state index contributed by atoms with van der Waals surface area (Å²) in [5, 5.41) is 16.9. The van der Waals surface area contributed by atoms with Crippen LogP contribution in [0.1, 0.15) is 11.3 Å². The Bertz CT molecular complexity index is 754. The minimum absolute atomic E-state index is 0.421. The third kappa shape index (κ3) is 4.06. The molecule has 0 aliphatic rings. The number of hydrazine groups is 1. The zero-order valence-electron chi connectivity index (χ0n) is 11.5. The molecule has 1 heterocycles. The van der Waals surface area contributed by atoms with Crippen molar-refractivity contribution in [3.63, 3.8) is 0 Å². The van der Waals surface area contributed by atoms with Crippen molar-refractivity contribution in [1.82, 2.24) is 5.43 Å². The summed E-state index contributed by atoms with van der Waals surface area (Å²) >= 11 is 6.07. The lowest BCUT2D eigenvalue weighted by Gasteiger charge is -2.00. The maximum absolute atomic E-state index is 10.1. The first kappa shape index (κ1) is 15.5. The Labute approximate surface area is 130 Å². The Kier molecular flexibility index (Phi) is 4.74. The van der Waals surface area contributed by atoms with Gasteiger partial charge in [-0.25, -0.2) is 10.1 Å². The third-order valence-electron chi connectivity index (χ3n) is 2.64. The van der Waals surface area contributed by atoms with Crippen LogP contribution >= 0.6 is 11.6 Å². The monoisotopic (exact) mass is 321 g/mol. The summed E-state index contributed by atoms with van der Waals surface area (Å²) in [5.41, 5.74) is 8.67. The van der Waals surface area contributed by atoms with E-state index >= 15 is 0 Å². The number of aryl methyl sites for hydroxylation is 1. The lowest BCUT2D eigenvalue weighted by atomic mass is 10.1. The average Bonchev–Trinajstić information content (AvgIpc) is 2.90. The van der Waals surface area contributed by atoms with Gasteiger partial charge in [0.05, 0.1) is 6.21 Å². The van der Waals surface area contributed by atoms with E-state index in [1.54, 1.807) is 23.6 Å². The fourth-order valence-electron chi connectivity index (χ4n) is 1.59. The summed E-state index contributed by atoms with van der Waals surface area (Å²) in [7, 11) is 0. The number of guanidine groups is 1. The molecule has 0 fully saturated rings. The van der Waals surface area contributed by atoms with Gasteiger partial charge < -0.3 is 10.2 Å². The summed E-state index contributed by atoms with van der Waals surface area (Å²) in [4.78, 5) is 10.1. The number of nitrogens with zero attached hydrogens (tertiary/aromatic N) is 3. The van der Waals surface area contributed by atoms with Gasteiger partial charge in [-0.2, -0.15) is 5.10 Å². The number of hydrogen-bond acceptors (Lipinski definition) is 5. The molecule has 0 spiro atoms. The van der Waals surface area contributed by atoms with Crippen LogP contribution in [0.3, 0.4) is 0 Å². The first-order valence-electron chi connectivity index (χ1n) is 6.09. The summed E-state index contributed by atoms with van der Waals surface area (Å²) in [6.07, 6.45) is 1.29. The Morgan fingerprint density at radius 3 is 2.91 bits per heavy atom. The van der Waals surface area contributed by atoms with Crippen LogP contribution in [0.4, 0.5) is 0 Å². The first-order chi connectivity index (χ1) is 10.5. The quantitative estimate of drug-likeness (QED) is 0.387. The highest BCUT2D eigenvalue weighted by molar-refractivity contribution is 6.31. The van der Waals surface area contributed by atoms with Gasteiger partial charge in [0, 0.05) is 10.6 Å². The van der Waals surface area contributed by atoms with Crippen molar-refractivity contribution in [2.45, 2.75) is 6.92 Å². The predicted molar refractivity (Wildman–Crippen MR) is 83.2 cm³/mol. The van der Waals surface area contributed by atoms with Gasteiger partial charge in [0.1, 0.15) is 11.5 Å². The predicted octanol–water partition coefficient (Wildman–Crippen LogP) is 2.34. The Hall–Kier alpha value is -2.87. The van der Waals surface area contributed by atoms with Gasteiger partial charge in [-0.1, -0.05) is 29.2 Å². The highest BCUT2D eigenvalue weighted by atomic mass is 35.5. The van der Waals surface area contributed by atoms with Crippen molar-refractivity contribution in [3.05, 3.63) is 56.8 Å². The van der Waals surface area contributed by atoms with Crippen molar-refractivity contribution < 1.29 is 9.45 Å². The van der Waals surface area contributed by atoms with E-state index in [4.69, 9.17) is 21.8 Å². The van der Waals surface area contributed by atoms with E-state index in [1.807, 2.05) is 19.1 Å². The van der Waals surface area contributed by atoms with E-state index in [9.17, 15) is 10.1 Å². The molecule has 0 radical (unpaired) electrons. The highest BCUT2D eigenvalue weighted by Crippen LogP contribution is 2.26. The van der Waals surface area contributed by atoms with E-state index in [2.05, 4.69) is 10.2 Å². The van der Waals surface area contributed by atoms with Gasteiger partial charge in [-0.05, 0) is 30.7 Å². The molecule has 9 heteroatoms. The summed E-state index contributed by atoms with van der Waals surface area (Å²) in [6, 6.07) is 9.01. The molecule has 0 atom stereocenters. The molecule has 0 amide bonds. The SMILES string of the molecule is Cc1ccc(-c2ccc(/C=N/N=C(N)N[N+](=O)[O-])o2)cc1Cl. The van der Waals surface area contributed by atoms with Gasteiger partial charge in [0.15, 0.2) is 5.03 Å². The number of nitrogens with one attached hydrogen (secondary N) is 1. The van der Waals surface area contributed by atoms with Crippen molar-refractivity contribution in [1.29, 1.82) is 0 Å². The molecule has 0 unspecified atom stereocenters. The van der Waals surface area contributed by atoms with Gasteiger partial charge >= 0.3 is 0 Å². The van der Waals surface area contributed by atoms with Crippen LogP contribution in [0, 0.1) is 17.0 Å². The minimum Gasteiger partial charge on any atom is -0.455 e. The van der Waals surface area contributed by atoms with Gasteiger partial charge in [0.2, 0.25) is 0 Å². The van der Waals surface area contributed by atoms with Gasteiger partial charge in [-0.15, -0.1) is 5.10 Å². The highest BCUT2D eigenvalue weighted by Gasteiger charge is 2.05. The van der Waals surface area contributed by atoms with Crippen LogP contribution in [0.5, 0.6) is 0 Å². The largest absolute Gasteiger partial charge is 0.455 e. The van der Waals surface area contributed by atoms with E-state index in [0.29, 0.717) is 16.5 Å². The lowest BCUT2D eigenvalue weighted by Crippen LogP contribution is -2.35. The van der Waals surface area contributed by atoms with Crippen molar-refractivity contribution in [3.8, 4) is 11.3 Å². The van der Waals surface area contributed by atoms with Crippen molar-refractivity contribution >= 4 is 23.8 Å². The number of nitrogens with two attached hydrogens (primary N) is 1. The molecule has 0 bridgehead atoms. The van der Waals surface area contributed by atoms with Crippen molar-refractivity contribution in [2.75, 3.05) is 0 Å². The topological polar surface area (TPSA) is 119 Å². The molecule has 22 heavy (non-hydrogen) atoms. The van der Waals surface area contributed by atoms with Crippen LogP contribution in [0.2, 0.25) is 5.02 Å². The molecule has 0 aliphatic carbocycles. The Morgan fingerprint density at radius 1 is 1.45 bits per heavy atom. The second-order valence-corrected chi connectivity index (χ2v) is 4.67. The molecule has 2 rings (SSSR count). The standard InChI is InChI=1S/C13H12ClN5O3/c1-8-2-3-9(6-11(8)14)12-5-4-10(22-12)7-16-17-13(15)18-19(20)21/h2-7H,1H3,(H3,15,17,18)/b16-7+. The van der Waals surface area contributed by atoms with E-state index < -0.39 is 11.0 Å². The second kappa shape index (κ2) is 6.72. The first-order valence-corrected chi connectivity index (χ1v) is 6.47. The number of furan rings is 1. The van der Waals surface area contributed by atoms with Gasteiger partial charge in [0.25, 0.3) is 5.96 Å². The average molecular weight is 322 g/mol. The molecular formula is C13H12ClN5O3. The second-order valence-electron chi connectivity index (χ2n) is 4.26. The number of halogens is 1. The molecule has 0 saturated heterocycles. The minimum atomic E-state index is -0.833. The fraction of sp³-hybridized carbons (Fsp3) is 0.0769. The molecule has 3 N–H and O–H groups in total. The number of hydrogen-bond donors (Lipinski definition) is 2. The Morgan fingerprint density at radius 2 is 2.23 bits per heavy atom. The maximum Gasteiger partial charge on any atom is 0.275 e. The van der Waals surface area contributed by atoms with Crippen molar-refractivity contribution in [2.24, 2.45) is 15.9 Å². The van der Waals surface area contributed by atoms with E-state index in [1.165, 1.54) is 6.21 Å². The number of benzene rings is 1. The number of rotatable bonds is 4. The lowest BCUT2D eigenvalue weighted by molar-refractivity contribution is -0.525. The van der Waals surface area contributed by atoms with E-state index in [0.717, 1.165) is 11.1 Å². The van der Waals surface area contributed by atoms with Gasteiger partial charge in [-0.3, -0.25) is 0 Å². The molecule has 2 aromatic rings. The van der Waals surface area contributed by atoms with Crippen LogP contribution in [-0.2, 0) is 0 Å². The summed E-state index contributed by atoms with van der Waals surface area (Å²) in [6.45, 7) is 1.91. The molecule has 8 nitrogen and oxygen atoms in total. The number of nitro groups is 1. The maximum atomic E-state index is 10.1. The summed E-state index contributed by atoms with van der Waals surface area (Å²) in [5.74, 6) is 0.603. The Balaban J connectivity index is 2.11. The smallest absolute Gasteiger partial charge is 0.275 e. The zero-order chi connectivity index (χ0) is 16.1. The fourth-order valence-corrected chi connectivity index (χ4v) is 1.77. The molecule has 0 saturated carbocycles. The molecule has 1 aromatic heterocycles. The third-order valence-corrected chi connectivity index (χ3v) is 3.05. The van der Waals surface area contributed by atoms with Crippen LogP contribution < -0.4 is 11.2 Å². The molecular weight excluding hydrogens is 310 g/mol. The van der Waals surface area contributed by atoms with E-state index in [-0.39, 0.29) is 0 Å². The summed E-state index contributed by atoms with van der Waals surface area (Å²) < 4.78 is 5.56. The normalized spacial score (nSPS) is 11.8. The zero-order valence-corrected chi connectivity index (χ0v) is 12.2.